The third-order valence-corrected chi connectivity index (χ3v) is 4.90. The molecule has 2 fully saturated rings. The Bertz CT molecular complexity index is 627. The maximum atomic E-state index is 12.1. The first-order chi connectivity index (χ1) is 11.2. The molecule has 7 heteroatoms. The lowest BCUT2D eigenvalue weighted by Crippen LogP contribution is -2.59. The summed E-state index contributed by atoms with van der Waals surface area (Å²) in [5.74, 6) is -0.375. The van der Waals surface area contributed by atoms with E-state index in [1.165, 1.54) is 0 Å². The monoisotopic (exact) mass is 398 g/mol. The lowest BCUT2D eigenvalue weighted by Gasteiger charge is -2.39. The zero-order valence-corrected chi connectivity index (χ0v) is 15.8. The molecule has 1 N–H and O–H groups in total. The smallest absolute Gasteiger partial charge is 0.332 e. The number of rotatable bonds is 4. The number of nitrogens with zero attached hydrogens (tertiary/aromatic N) is 1. The van der Waals surface area contributed by atoms with Gasteiger partial charge in [-0.2, -0.15) is 0 Å². The number of pyridine rings is 1. The fourth-order valence-corrected chi connectivity index (χ4v) is 3.79. The molecule has 2 aliphatic heterocycles. The molecule has 0 amide bonds. The largest absolute Gasteiger partial charge is 0.458 e. The number of ether oxygens (including phenoxy) is 3. The van der Waals surface area contributed by atoms with Gasteiger partial charge in [-0.3, -0.25) is 4.98 Å². The summed E-state index contributed by atoms with van der Waals surface area (Å²) < 4.78 is 18.4. The average Bonchev–Trinajstić information content (AvgIpc) is 2.85. The number of carbonyl (C=O) groups excluding carboxylic acids is 1. The van der Waals surface area contributed by atoms with Crippen LogP contribution in [-0.2, 0) is 24.6 Å². The molecule has 3 rings (SSSR count). The van der Waals surface area contributed by atoms with Gasteiger partial charge in [0.25, 0.3) is 0 Å². The van der Waals surface area contributed by atoms with E-state index in [1.54, 1.807) is 12.4 Å². The Labute approximate surface area is 150 Å². The SMILES string of the molecule is CC(C)(C)OC(=O)COC1(c2ccncc2Br)COC2(CNC2)C1. The summed E-state index contributed by atoms with van der Waals surface area (Å²) in [4.78, 5) is 16.2. The summed E-state index contributed by atoms with van der Waals surface area (Å²) >= 11 is 3.55. The Kier molecular flexibility index (Phi) is 4.72. The number of halogens is 1. The molecule has 1 atom stereocenters. The molecule has 1 spiro atoms. The summed E-state index contributed by atoms with van der Waals surface area (Å²) in [6.07, 6.45) is 4.15. The Morgan fingerprint density at radius 2 is 2.21 bits per heavy atom. The van der Waals surface area contributed by atoms with E-state index in [2.05, 4.69) is 26.2 Å². The number of esters is 1. The highest BCUT2D eigenvalue weighted by Gasteiger charge is 2.55. The second kappa shape index (κ2) is 6.37. The van der Waals surface area contributed by atoms with Gasteiger partial charge in [0.05, 0.1) is 12.2 Å². The third kappa shape index (κ3) is 3.64. The van der Waals surface area contributed by atoms with Crippen molar-refractivity contribution in [1.82, 2.24) is 10.3 Å². The van der Waals surface area contributed by atoms with Gasteiger partial charge in [0.1, 0.15) is 17.8 Å². The molecule has 0 bridgehead atoms. The summed E-state index contributed by atoms with van der Waals surface area (Å²) in [6.45, 7) is 7.41. The molecule has 132 valence electrons. The van der Waals surface area contributed by atoms with E-state index in [-0.39, 0.29) is 18.2 Å². The van der Waals surface area contributed by atoms with Crippen molar-refractivity contribution in [3.05, 3.63) is 28.5 Å². The Morgan fingerprint density at radius 3 is 2.75 bits per heavy atom. The van der Waals surface area contributed by atoms with Crippen LogP contribution in [0.3, 0.4) is 0 Å². The number of nitrogens with one attached hydrogen (secondary N) is 1. The van der Waals surface area contributed by atoms with Gasteiger partial charge in [0.2, 0.25) is 0 Å². The molecule has 24 heavy (non-hydrogen) atoms. The Balaban J connectivity index is 1.79. The lowest BCUT2D eigenvalue weighted by molar-refractivity contribution is -0.168. The van der Waals surface area contributed by atoms with E-state index in [9.17, 15) is 4.79 Å². The first-order valence-electron chi connectivity index (χ1n) is 8.04. The topological polar surface area (TPSA) is 69.7 Å². The van der Waals surface area contributed by atoms with E-state index in [1.807, 2.05) is 26.8 Å². The van der Waals surface area contributed by atoms with Crippen molar-refractivity contribution in [2.75, 3.05) is 26.3 Å². The highest BCUT2D eigenvalue weighted by molar-refractivity contribution is 9.10. The van der Waals surface area contributed by atoms with Crippen molar-refractivity contribution in [3.63, 3.8) is 0 Å². The minimum Gasteiger partial charge on any atom is -0.458 e. The zero-order valence-electron chi connectivity index (χ0n) is 14.2. The average molecular weight is 399 g/mol. The molecular formula is C17H23BrN2O4. The number of hydrogen-bond donors (Lipinski definition) is 1. The van der Waals surface area contributed by atoms with Gasteiger partial charge < -0.3 is 19.5 Å². The maximum absolute atomic E-state index is 12.1. The lowest BCUT2D eigenvalue weighted by atomic mass is 9.83. The van der Waals surface area contributed by atoms with Crippen LogP contribution in [-0.4, -0.2) is 48.5 Å². The van der Waals surface area contributed by atoms with Crippen molar-refractivity contribution in [2.45, 2.75) is 44.0 Å². The van der Waals surface area contributed by atoms with Gasteiger partial charge in [-0.1, -0.05) is 0 Å². The number of carbonyl (C=O) groups is 1. The standard InChI is InChI=1S/C17H23BrN2O4/c1-15(2,3)24-14(21)7-22-17(12-4-5-19-6-13(12)18)8-16(23-11-17)9-20-10-16/h4-6,20H,7-11H2,1-3H3. The number of hydrogen-bond acceptors (Lipinski definition) is 6. The summed E-state index contributed by atoms with van der Waals surface area (Å²) in [7, 11) is 0. The zero-order chi connectivity index (χ0) is 17.4. The van der Waals surface area contributed by atoms with E-state index in [0.29, 0.717) is 13.0 Å². The molecule has 3 heterocycles. The summed E-state index contributed by atoms with van der Waals surface area (Å²) in [5, 5.41) is 3.25. The van der Waals surface area contributed by atoms with E-state index in [0.717, 1.165) is 23.1 Å². The van der Waals surface area contributed by atoms with E-state index >= 15 is 0 Å². The normalized spacial score (nSPS) is 25.5. The molecule has 2 aliphatic rings. The molecule has 1 unspecified atom stereocenters. The van der Waals surface area contributed by atoms with Gasteiger partial charge >= 0.3 is 5.97 Å². The van der Waals surface area contributed by atoms with Crippen LogP contribution >= 0.6 is 15.9 Å². The van der Waals surface area contributed by atoms with Crippen LogP contribution in [0.1, 0.15) is 32.8 Å². The second-order valence-electron chi connectivity index (χ2n) is 7.48. The van der Waals surface area contributed by atoms with Crippen molar-refractivity contribution in [2.24, 2.45) is 0 Å². The molecule has 0 saturated carbocycles. The van der Waals surface area contributed by atoms with Crippen LogP contribution in [0.15, 0.2) is 22.9 Å². The van der Waals surface area contributed by atoms with Crippen molar-refractivity contribution >= 4 is 21.9 Å². The molecule has 6 nitrogen and oxygen atoms in total. The fraction of sp³-hybridized carbons (Fsp3) is 0.647. The predicted molar refractivity (Wildman–Crippen MR) is 91.6 cm³/mol. The molecule has 1 aromatic heterocycles. The molecular weight excluding hydrogens is 376 g/mol. The van der Waals surface area contributed by atoms with Crippen LogP contribution < -0.4 is 5.32 Å². The highest BCUT2D eigenvalue weighted by Crippen LogP contribution is 2.46. The van der Waals surface area contributed by atoms with Crippen LogP contribution in [0.4, 0.5) is 0 Å². The third-order valence-electron chi connectivity index (χ3n) is 4.26. The van der Waals surface area contributed by atoms with Gasteiger partial charge in [-0.05, 0) is 42.8 Å². The summed E-state index contributed by atoms with van der Waals surface area (Å²) in [5.41, 5.74) is -0.474. The van der Waals surface area contributed by atoms with Crippen LogP contribution in [0, 0.1) is 0 Å². The van der Waals surface area contributed by atoms with E-state index < -0.39 is 11.2 Å². The Morgan fingerprint density at radius 1 is 1.46 bits per heavy atom. The van der Waals surface area contributed by atoms with Crippen molar-refractivity contribution in [1.29, 1.82) is 0 Å². The minimum absolute atomic E-state index is 0.112. The quantitative estimate of drug-likeness (QED) is 0.783. The molecule has 2 saturated heterocycles. The minimum atomic E-state index is -0.680. The predicted octanol–water partition coefficient (Wildman–Crippen LogP) is 2.16. The number of aromatic nitrogens is 1. The summed E-state index contributed by atoms with van der Waals surface area (Å²) in [6, 6.07) is 1.91. The highest BCUT2D eigenvalue weighted by atomic mass is 79.9. The van der Waals surface area contributed by atoms with Gasteiger partial charge in [-0.25, -0.2) is 4.79 Å². The molecule has 0 aromatic carbocycles. The van der Waals surface area contributed by atoms with Crippen LogP contribution in [0.5, 0.6) is 0 Å². The Hall–Kier alpha value is -1.02. The first-order valence-corrected chi connectivity index (χ1v) is 8.84. The second-order valence-corrected chi connectivity index (χ2v) is 8.33. The van der Waals surface area contributed by atoms with Crippen molar-refractivity contribution in [3.8, 4) is 0 Å². The van der Waals surface area contributed by atoms with Gasteiger partial charge in [0.15, 0.2) is 0 Å². The van der Waals surface area contributed by atoms with Crippen LogP contribution in [0.25, 0.3) is 0 Å². The van der Waals surface area contributed by atoms with Crippen LogP contribution in [0.2, 0.25) is 0 Å². The first kappa shape index (κ1) is 17.8. The molecule has 1 aromatic rings. The van der Waals surface area contributed by atoms with Gasteiger partial charge in [0, 0.05) is 41.9 Å². The molecule has 0 radical (unpaired) electrons. The van der Waals surface area contributed by atoms with Crippen molar-refractivity contribution < 1.29 is 19.0 Å². The molecule has 0 aliphatic carbocycles. The fourth-order valence-electron chi connectivity index (χ4n) is 3.18. The van der Waals surface area contributed by atoms with Gasteiger partial charge in [-0.15, -0.1) is 0 Å². The maximum Gasteiger partial charge on any atom is 0.332 e. The van der Waals surface area contributed by atoms with E-state index in [4.69, 9.17) is 14.2 Å².